The second kappa shape index (κ2) is 4.37. The monoisotopic (exact) mass is 195 g/mol. The van der Waals surface area contributed by atoms with Gasteiger partial charge in [-0.1, -0.05) is 13.8 Å². The SMILES string of the molecule is CC(C)CC(N)C(=O)c1ccn(C)n1. The average molecular weight is 195 g/mol. The maximum atomic E-state index is 11.7. The molecular weight excluding hydrogens is 178 g/mol. The van der Waals surface area contributed by atoms with Crippen molar-refractivity contribution in [2.45, 2.75) is 26.3 Å². The van der Waals surface area contributed by atoms with E-state index in [9.17, 15) is 4.79 Å². The third-order valence-electron chi connectivity index (χ3n) is 2.03. The molecule has 1 atom stereocenters. The van der Waals surface area contributed by atoms with Crippen LogP contribution >= 0.6 is 0 Å². The van der Waals surface area contributed by atoms with Gasteiger partial charge in [-0.2, -0.15) is 5.10 Å². The molecule has 0 fully saturated rings. The van der Waals surface area contributed by atoms with E-state index >= 15 is 0 Å². The van der Waals surface area contributed by atoms with Crippen LogP contribution in [0.3, 0.4) is 0 Å². The number of carbonyl (C=O) groups is 1. The minimum Gasteiger partial charge on any atom is -0.321 e. The molecule has 1 rings (SSSR count). The van der Waals surface area contributed by atoms with Crippen molar-refractivity contribution in [3.05, 3.63) is 18.0 Å². The van der Waals surface area contributed by atoms with E-state index in [2.05, 4.69) is 5.10 Å². The van der Waals surface area contributed by atoms with Crippen LogP contribution in [0.15, 0.2) is 12.3 Å². The number of Topliss-reactive ketones (excluding diaryl/α,β-unsaturated/α-hetero) is 1. The summed E-state index contributed by atoms with van der Waals surface area (Å²) in [5, 5.41) is 4.03. The fourth-order valence-corrected chi connectivity index (χ4v) is 1.35. The predicted octanol–water partition coefficient (Wildman–Crippen LogP) is 0.976. The van der Waals surface area contributed by atoms with E-state index in [1.807, 2.05) is 13.8 Å². The van der Waals surface area contributed by atoms with Crippen LogP contribution in [0.1, 0.15) is 30.8 Å². The number of carbonyl (C=O) groups excluding carboxylic acids is 1. The molecule has 0 saturated carbocycles. The summed E-state index contributed by atoms with van der Waals surface area (Å²) >= 11 is 0. The molecule has 0 aliphatic carbocycles. The fourth-order valence-electron chi connectivity index (χ4n) is 1.35. The summed E-state index contributed by atoms with van der Waals surface area (Å²) in [6, 6.07) is 1.27. The van der Waals surface area contributed by atoms with Gasteiger partial charge in [0.1, 0.15) is 5.69 Å². The Kier molecular flexibility index (Phi) is 3.41. The van der Waals surface area contributed by atoms with Crippen molar-refractivity contribution in [1.82, 2.24) is 9.78 Å². The van der Waals surface area contributed by atoms with Crippen LogP contribution in [-0.2, 0) is 7.05 Å². The Morgan fingerprint density at radius 1 is 1.64 bits per heavy atom. The van der Waals surface area contributed by atoms with Crippen LogP contribution in [0.4, 0.5) is 0 Å². The van der Waals surface area contributed by atoms with Gasteiger partial charge in [-0.25, -0.2) is 0 Å². The Bertz CT molecular complexity index is 317. The molecule has 1 unspecified atom stereocenters. The molecule has 1 aromatic rings. The predicted molar refractivity (Wildman–Crippen MR) is 55.0 cm³/mol. The zero-order chi connectivity index (χ0) is 10.7. The van der Waals surface area contributed by atoms with Crippen LogP contribution in [0.2, 0.25) is 0 Å². The first-order chi connectivity index (χ1) is 6.50. The highest BCUT2D eigenvalue weighted by Gasteiger charge is 2.18. The average Bonchev–Trinajstić information content (AvgIpc) is 2.49. The highest BCUT2D eigenvalue weighted by Crippen LogP contribution is 2.07. The molecule has 0 bridgehead atoms. The van der Waals surface area contributed by atoms with E-state index in [0.717, 1.165) is 0 Å². The molecule has 0 aliphatic heterocycles. The molecule has 78 valence electrons. The lowest BCUT2D eigenvalue weighted by atomic mass is 10.00. The molecule has 1 heterocycles. The largest absolute Gasteiger partial charge is 0.321 e. The summed E-state index contributed by atoms with van der Waals surface area (Å²) in [5.41, 5.74) is 6.22. The van der Waals surface area contributed by atoms with Gasteiger partial charge in [0, 0.05) is 13.2 Å². The third kappa shape index (κ3) is 2.67. The van der Waals surface area contributed by atoms with E-state index < -0.39 is 6.04 Å². The Morgan fingerprint density at radius 3 is 2.71 bits per heavy atom. The normalized spacial score (nSPS) is 13.2. The summed E-state index contributed by atoms with van der Waals surface area (Å²) in [6.45, 7) is 4.09. The van der Waals surface area contributed by atoms with Crippen LogP contribution < -0.4 is 5.73 Å². The second-order valence-electron chi connectivity index (χ2n) is 3.97. The molecule has 14 heavy (non-hydrogen) atoms. The van der Waals surface area contributed by atoms with E-state index in [-0.39, 0.29) is 5.78 Å². The van der Waals surface area contributed by atoms with Crippen LogP contribution in [0.25, 0.3) is 0 Å². The number of hydrogen-bond acceptors (Lipinski definition) is 3. The topological polar surface area (TPSA) is 60.9 Å². The van der Waals surface area contributed by atoms with E-state index in [0.29, 0.717) is 18.0 Å². The van der Waals surface area contributed by atoms with Gasteiger partial charge in [0.15, 0.2) is 5.78 Å². The molecule has 4 nitrogen and oxygen atoms in total. The quantitative estimate of drug-likeness (QED) is 0.728. The second-order valence-corrected chi connectivity index (χ2v) is 3.97. The van der Waals surface area contributed by atoms with Crippen molar-refractivity contribution in [2.24, 2.45) is 18.7 Å². The molecule has 2 N–H and O–H groups in total. The first kappa shape index (κ1) is 10.9. The van der Waals surface area contributed by atoms with Crippen molar-refractivity contribution in [2.75, 3.05) is 0 Å². The number of nitrogens with zero attached hydrogens (tertiary/aromatic N) is 2. The van der Waals surface area contributed by atoms with E-state index in [1.54, 1.807) is 24.0 Å². The van der Waals surface area contributed by atoms with Crippen LogP contribution in [0, 0.1) is 5.92 Å². The Labute approximate surface area is 84.1 Å². The summed E-state index contributed by atoms with van der Waals surface area (Å²) in [5.74, 6) is 0.358. The first-order valence-electron chi connectivity index (χ1n) is 4.80. The summed E-state index contributed by atoms with van der Waals surface area (Å²) in [7, 11) is 1.78. The molecule has 0 spiro atoms. The number of aryl methyl sites for hydroxylation is 1. The maximum Gasteiger partial charge on any atom is 0.199 e. The molecule has 0 aromatic carbocycles. The summed E-state index contributed by atoms with van der Waals surface area (Å²) in [6.07, 6.45) is 2.45. The van der Waals surface area contributed by atoms with Gasteiger partial charge >= 0.3 is 0 Å². The van der Waals surface area contributed by atoms with Crippen LogP contribution in [-0.4, -0.2) is 21.6 Å². The lowest BCUT2D eigenvalue weighted by Gasteiger charge is -2.10. The number of rotatable bonds is 4. The van der Waals surface area contributed by atoms with Crippen molar-refractivity contribution in [3.8, 4) is 0 Å². The molecule has 0 radical (unpaired) electrons. The Morgan fingerprint density at radius 2 is 2.29 bits per heavy atom. The molecule has 1 aromatic heterocycles. The van der Waals surface area contributed by atoms with Gasteiger partial charge < -0.3 is 5.73 Å². The van der Waals surface area contributed by atoms with Crippen molar-refractivity contribution >= 4 is 5.78 Å². The minimum atomic E-state index is -0.426. The van der Waals surface area contributed by atoms with Gasteiger partial charge in [0.25, 0.3) is 0 Å². The number of hydrogen-bond donors (Lipinski definition) is 1. The van der Waals surface area contributed by atoms with E-state index in [1.165, 1.54) is 0 Å². The molecular formula is C10H17N3O. The van der Waals surface area contributed by atoms with Crippen molar-refractivity contribution in [3.63, 3.8) is 0 Å². The molecule has 0 saturated heterocycles. The number of aromatic nitrogens is 2. The maximum absolute atomic E-state index is 11.7. The number of ketones is 1. The fraction of sp³-hybridized carbons (Fsp3) is 0.600. The third-order valence-corrected chi connectivity index (χ3v) is 2.03. The van der Waals surface area contributed by atoms with Gasteiger partial charge in [-0.05, 0) is 18.4 Å². The smallest absolute Gasteiger partial charge is 0.199 e. The standard InChI is InChI=1S/C10H17N3O/c1-7(2)6-8(11)10(14)9-4-5-13(3)12-9/h4-5,7-8H,6,11H2,1-3H3. The van der Waals surface area contributed by atoms with Gasteiger partial charge in [-0.15, -0.1) is 0 Å². The first-order valence-corrected chi connectivity index (χ1v) is 4.80. The minimum absolute atomic E-state index is 0.0701. The highest BCUT2D eigenvalue weighted by molar-refractivity contribution is 5.98. The zero-order valence-corrected chi connectivity index (χ0v) is 8.90. The lowest BCUT2D eigenvalue weighted by molar-refractivity contribution is 0.0945. The summed E-state index contributed by atoms with van der Waals surface area (Å²) in [4.78, 5) is 11.7. The Balaban J connectivity index is 2.65. The highest BCUT2D eigenvalue weighted by atomic mass is 16.1. The van der Waals surface area contributed by atoms with Crippen molar-refractivity contribution in [1.29, 1.82) is 0 Å². The van der Waals surface area contributed by atoms with E-state index in [4.69, 9.17) is 5.73 Å². The van der Waals surface area contributed by atoms with Gasteiger partial charge in [0.05, 0.1) is 6.04 Å². The van der Waals surface area contributed by atoms with Gasteiger partial charge in [0.2, 0.25) is 0 Å². The van der Waals surface area contributed by atoms with Crippen LogP contribution in [0.5, 0.6) is 0 Å². The Hall–Kier alpha value is -1.16. The molecule has 4 heteroatoms. The van der Waals surface area contributed by atoms with Crippen molar-refractivity contribution < 1.29 is 4.79 Å². The molecule has 0 amide bonds. The summed E-state index contributed by atoms with van der Waals surface area (Å²) < 4.78 is 1.61. The molecule has 0 aliphatic rings. The number of nitrogens with two attached hydrogens (primary N) is 1. The zero-order valence-electron chi connectivity index (χ0n) is 8.90. The van der Waals surface area contributed by atoms with Gasteiger partial charge in [-0.3, -0.25) is 9.48 Å². The lowest BCUT2D eigenvalue weighted by Crippen LogP contribution is -2.32.